The molecule has 0 amide bonds. The number of hydrogen-bond acceptors (Lipinski definition) is 0. The predicted octanol–water partition coefficient (Wildman–Crippen LogP) is 2.15. The van der Waals surface area contributed by atoms with Gasteiger partial charge in [-0.25, -0.2) is 0 Å². The molecule has 0 atom stereocenters. The Balaban J connectivity index is 2.34. The Hall–Kier alpha value is 0.360. The van der Waals surface area contributed by atoms with E-state index >= 15 is 0 Å². The van der Waals surface area contributed by atoms with Gasteiger partial charge in [-0.2, -0.15) is 0 Å². The molecule has 0 fully saturated rings. The molecule has 0 heterocycles. The lowest BCUT2D eigenvalue weighted by atomic mass is 10.4. The van der Waals surface area contributed by atoms with Crippen LogP contribution in [0, 0.1) is 0 Å². The quantitative estimate of drug-likeness (QED) is 0.382. The van der Waals surface area contributed by atoms with Gasteiger partial charge in [-0.05, 0) is 28.2 Å². The van der Waals surface area contributed by atoms with E-state index in [1.807, 2.05) is 0 Å². The average molecular weight is 106 g/mol. The van der Waals surface area contributed by atoms with Crippen molar-refractivity contribution in [2.45, 2.75) is 12.8 Å². The van der Waals surface area contributed by atoms with Crippen LogP contribution in [0.4, 0.5) is 4.39 Å². The Morgan fingerprint density at radius 3 is 2.17 bits per heavy atom. The normalized spacial score (nSPS) is 9.00. The molecule has 0 saturated carbocycles. The lowest BCUT2D eigenvalue weighted by molar-refractivity contribution is 0.470. The minimum atomic E-state index is -0.194. The van der Waals surface area contributed by atoms with Crippen LogP contribution in [-0.2, 0) is 0 Å². The summed E-state index contributed by atoms with van der Waals surface area (Å²) in [4.78, 5) is 0. The largest absolute Gasteiger partial charge is 0.251 e. The van der Waals surface area contributed by atoms with Gasteiger partial charge in [-0.3, -0.25) is 4.39 Å². The topological polar surface area (TPSA) is 0 Å². The molecular formula is C4H8FP. The molecule has 0 aromatic heterocycles. The van der Waals surface area contributed by atoms with Crippen molar-refractivity contribution in [1.82, 2.24) is 0 Å². The van der Waals surface area contributed by atoms with Crippen molar-refractivity contribution >= 4 is 9.24 Å². The molecule has 0 rings (SSSR count). The Bertz CT molecular complexity index is 19.5. The second-order valence-corrected chi connectivity index (χ2v) is 1.57. The first-order valence-electron chi connectivity index (χ1n) is 2.08. The highest BCUT2D eigenvalue weighted by atomic mass is 31.0. The molecular weight excluding hydrogens is 98.0 g/mol. The minimum absolute atomic E-state index is 0.194. The second-order valence-electron chi connectivity index (χ2n) is 1.12. The number of rotatable bonds is 3. The fraction of sp³-hybridized carbons (Fsp3) is 1.00. The molecule has 0 spiro atoms. The maximum Gasteiger partial charge on any atom is 0.0894 e. The third kappa shape index (κ3) is 4.36. The fourth-order valence-electron chi connectivity index (χ4n) is 0.206. The molecule has 0 bridgehead atoms. The molecule has 0 aliphatic rings. The van der Waals surface area contributed by atoms with Crippen LogP contribution in [0.2, 0.25) is 0 Å². The highest BCUT2D eigenvalue weighted by molar-refractivity contribution is 7.16. The SMILES string of the molecule is FCCCC[P]. The van der Waals surface area contributed by atoms with Gasteiger partial charge >= 0.3 is 0 Å². The predicted molar refractivity (Wildman–Crippen MR) is 27.0 cm³/mol. The summed E-state index contributed by atoms with van der Waals surface area (Å²) >= 11 is 0. The van der Waals surface area contributed by atoms with Crippen LogP contribution in [-0.4, -0.2) is 12.8 Å². The smallest absolute Gasteiger partial charge is 0.0894 e. The van der Waals surface area contributed by atoms with Gasteiger partial charge in [0.25, 0.3) is 0 Å². The van der Waals surface area contributed by atoms with Gasteiger partial charge in [-0.1, -0.05) is 0 Å². The Labute approximate surface area is 40.3 Å². The van der Waals surface area contributed by atoms with E-state index in [-0.39, 0.29) is 6.67 Å². The van der Waals surface area contributed by atoms with Gasteiger partial charge in [0.15, 0.2) is 0 Å². The molecule has 2 heteroatoms. The zero-order valence-corrected chi connectivity index (χ0v) is 4.55. The van der Waals surface area contributed by atoms with E-state index in [4.69, 9.17) is 0 Å². The van der Waals surface area contributed by atoms with E-state index < -0.39 is 0 Å². The van der Waals surface area contributed by atoms with Gasteiger partial charge in [-0.15, -0.1) is 0 Å². The third-order valence-electron chi connectivity index (χ3n) is 0.542. The van der Waals surface area contributed by atoms with E-state index in [0.29, 0.717) is 6.42 Å². The third-order valence-corrected chi connectivity index (χ3v) is 0.858. The molecule has 0 aliphatic carbocycles. The van der Waals surface area contributed by atoms with Crippen molar-refractivity contribution in [2.75, 3.05) is 12.8 Å². The van der Waals surface area contributed by atoms with Crippen molar-refractivity contribution in [1.29, 1.82) is 0 Å². The minimum Gasteiger partial charge on any atom is -0.251 e. The van der Waals surface area contributed by atoms with Crippen molar-refractivity contribution in [2.24, 2.45) is 0 Å². The van der Waals surface area contributed by atoms with Gasteiger partial charge in [0.2, 0.25) is 0 Å². The standard InChI is InChI=1S/C4H8FP/c5-3-1-2-4-6/h1-4H2. The van der Waals surface area contributed by atoms with Gasteiger partial charge in [0.05, 0.1) is 6.67 Å². The Morgan fingerprint density at radius 2 is 2.00 bits per heavy atom. The molecule has 0 unspecified atom stereocenters. The van der Waals surface area contributed by atoms with Crippen molar-refractivity contribution in [3.8, 4) is 0 Å². The summed E-state index contributed by atoms with van der Waals surface area (Å²) in [5.74, 6) is 0. The second kappa shape index (κ2) is 5.36. The van der Waals surface area contributed by atoms with Crippen molar-refractivity contribution in [3.63, 3.8) is 0 Å². The number of unbranched alkanes of at least 4 members (excludes halogenated alkanes) is 1. The number of hydrogen-bond donors (Lipinski definition) is 0. The van der Waals surface area contributed by atoms with E-state index in [1.165, 1.54) is 0 Å². The summed E-state index contributed by atoms with van der Waals surface area (Å²) in [7, 11) is 3.89. The summed E-state index contributed by atoms with van der Waals surface area (Å²) in [5, 5.41) is 0. The van der Waals surface area contributed by atoms with Crippen LogP contribution in [0.25, 0.3) is 0 Å². The number of halogens is 1. The van der Waals surface area contributed by atoms with Crippen molar-refractivity contribution < 1.29 is 4.39 Å². The molecule has 0 aromatic carbocycles. The van der Waals surface area contributed by atoms with E-state index in [2.05, 4.69) is 9.24 Å². The van der Waals surface area contributed by atoms with Gasteiger partial charge in [0.1, 0.15) is 0 Å². The summed E-state index contributed by atoms with van der Waals surface area (Å²) in [5.41, 5.74) is 0. The first-order chi connectivity index (χ1) is 2.91. The van der Waals surface area contributed by atoms with E-state index in [1.54, 1.807) is 0 Å². The first kappa shape index (κ1) is 6.36. The molecule has 0 N–H and O–H groups in total. The van der Waals surface area contributed by atoms with Crippen LogP contribution < -0.4 is 0 Å². The maximum atomic E-state index is 11.1. The van der Waals surface area contributed by atoms with Crippen LogP contribution in [0.1, 0.15) is 12.8 Å². The average Bonchev–Trinajstić information content (AvgIpc) is 1.61. The monoisotopic (exact) mass is 106 g/mol. The lowest BCUT2D eigenvalue weighted by Gasteiger charge is -1.83. The molecule has 0 aromatic rings. The van der Waals surface area contributed by atoms with E-state index in [0.717, 1.165) is 12.6 Å². The van der Waals surface area contributed by atoms with Crippen molar-refractivity contribution in [3.05, 3.63) is 0 Å². The summed E-state index contributed by atoms with van der Waals surface area (Å²) < 4.78 is 11.1. The maximum absolute atomic E-state index is 11.1. The molecule has 6 heavy (non-hydrogen) atoms. The molecule has 36 valence electrons. The van der Waals surface area contributed by atoms with Crippen LogP contribution in [0.3, 0.4) is 0 Å². The highest BCUT2D eigenvalue weighted by Crippen LogP contribution is 1.92. The molecule has 0 saturated heterocycles. The summed E-state index contributed by atoms with van der Waals surface area (Å²) in [6, 6.07) is 0. The number of alkyl halides is 1. The Kier molecular flexibility index (Phi) is 5.68. The van der Waals surface area contributed by atoms with Gasteiger partial charge in [0, 0.05) is 0 Å². The molecule has 2 radical (unpaired) electrons. The zero-order valence-electron chi connectivity index (χ0n) is 3.65. The fourth-order valence-corrected chi connectivity index (χ4v) is 0.430. The zero-order chi connectivity index (χ0) is 4.83. The van der Waals surface area contributed by atoms with E-state index in [9.17, 15) is 4.39 Å². The molecule has 0 aliphatic heterocycles. The summed E-state index contributed by atoms with van der Waals surface area (Å²) in [6.07, 6.45) is 2.38. The summed E-state index contributed by atoms with van der Waals surface area (Å²) in [6.45, 7) is -0.194. The van der Waals surface area contributed by atoms with Crippen LogP contribution in [0.5, 0.6) is 0 Å². The van der Waals surface area contributed by atoms with Gasteiger partial charge < -0.3 is 0 Å². The van der Waals surface area contributed by atoms with Crippen LogP contribution in [0.15, 0.2) is 0 Å². The first-order valence-corrected chi connectivity index (χ1v) is 2.72. The van der Waals surface area contributed by atoms with Crippen LogP contribution >= 0.6 is 9.24 Å². The highest BCUT2D eigenvalue weighted by Gasteiger charge is 1.78. The lowest BCUT2D eigenvalue weighted by Crippen LogP contribution is -1.75. The Morgan fingerprint density at radius 1 is 1.33 bits per heavy atom. The molecule has 0 nitrogen and oxygen atoms in total.